The van der Waals surface area contributed by atoms with E-state index in [4.69, 9.17) is 0 Å². The third kappa shape index (κ3) is 4.33. The molecule has 0 aromatic heterocycles. The SMILES string of the molecule is CCNC(=O)[C@@H](C)N(Cc1ccc(F)cc1)C(=O)CC. The number of carbonyl (C=O) groups excluding carboxylic acids is 2. The molecule has 0 heterocycles. The lowest BCUT2D eigenvalue weighted by atomic mass is 10.1. The Bertz CT molecular complexity index is 459. The maximum absolute atomic E-state index is 12.9. The quantitative estimate of drug-likeness (QED) is 0.867. The van der Waals surface area contributed by atoms with Gasteiger partial charge in [-0.15, -0.1) is 0 Å². The van der Waals surface area contributed by atoms with Crippen molar-refractivity contribution in [1.29, 1.82) is 0 Å². The number of carbonyl (C=O) groups is 2. The number of benzene rings is 1. The molecule has 110 valence electrons. The molecule has 0 unspecified atom stereocenters. The van der Waals surface area contributed by atoms with Crippen molar-refractivity contribution in [3.05, 3.63) is 35.6 Å². The predicted octanol–water partition coefficient (Wildman–Crippen LogP) is 2.09. The maximum Gasteiger partial charge on any atom is 0.242 e. The molecular formula is C15H21FN2O2. The van der Waals surface area contributed by atoms with Crippen LogP contribution in [0.25, 0.3) is 0 Å². The van der Waals surface area contributed by atoms with Gasteiger partial charge in [-0.05, 0) is 31.5 Å². The zero-order valence-electron chi connectivity index (χ0n) is 12.1. The first-order chi connectivity index (χ1) is 9.49. The normalized spacial score (nSPS) is 11.8. The highest BCUT2D eigenvalue weighted by Crippen LogP contribution is 2.11. The zero-order chi connectivity index (χ0) is 15.1. The van der Waals surface area contributed by atoms with Gasteiger partial charge in [0.05, 0.1) is 0 Å². The second-order valence-corrected chi connectivity index (χ2v) is 4.57. The number of hydrogen-bond donors (Lipinski definition) is 1. The van der Waals surface area contributed by atoms with Crippen LogP contribution >= 0.6 is 0 Å². The predicted molar refractivity (Wildman–Crippen MR) is 75.4 cm³/mol. The molecule has 0 saturated carbocycles. The average Bonchev–Trinajstić information content (AvgIpc) is 2.45. The first kappa shape index (κ1) is 16.1. The molecule has 0 aliphatic rings. The minimum atomic E-state index is -0.549. The Morgan fingerprint density at radius 2 is 1.85 bits per heavy atom. The van der Waals surface area contributed by atoms with Crippen LogP contribution in [0.1, 0.15) is 32.8 Å². The van der Waals surface area contributed by atoms with Crippen molar-refractivity contribution >= 4 is 11.8 Å². The molecule has 4 nitrogen and oxygen atoms in total. The van der Waals surface area contributed by atoms with Crippen LogP contribution in [0.5, 0.6) is 0 Å². The van der Waals surface area contributed by atoms with Gasteiger partial charge < -0.3 is 10.2 Å². The van der Waals surface area contributed by atoms with E-state index in [0.29, 0.717) is 19.5 Å². The van der Waals surface area contributed by atoms with Gasteiger partial charge in [0.25, 0.3) is 0 Å². The number of likely N-dealkylation sites (N-methyl/N-ethyl adjacent to an activating group) is 1. The molecule has 0 aliphatic heterocycles. The molecule has 0 aliphatic carbocycles. The summed E-state index contributed by atoms with van der Waals surface area (Å²) in [4.78, 5) is 25.4. The van der Waals surface area contributed by atoms with Crippen LogP contribution in [0, 0.1) is 5.82 Å². The zero-order valence-corrected chi connectivity index (χ0v) is 12.1. The van der Waals surface area contributed by atoms with E-state index < -0.39 is 6.04 Å². The number of rotatable bonds is 6. The van der Waals surface area contributed by atoms with Crippen molar-refractivity contribution in [2.45, 2.75) is 39.8 Å². The summed E-state index contributed by atoms with van der Waals surface area (Å²) in [5.74, 6) is -0.608. The Kier molecular flexibility index (Phi) is 6.15. The number of amides is 2. The average molecular weight is 280 g/mol. The minimum Gasteiger partial charge on any atom is -0.355 e. The van der Waals surface area contributed by atoms with Gasteiger partial charge in [-0.1, -0.05) is 19.1 Å². The van der Waals surface area contributed by atoms with Gasteiger partial charge in [0.1, 0.15) is 11.9 Å². The molecule has 0 fully saturated rings. The molecule has 1 aromatic carbocycles. The second-order valence-electron chi connectivity index (χ2n) is 4.57. The highest BCUT2D eigenvalue weighted by atomic mass is 19.1. The smallest absolute Gasteiger partial charge is 0.242 e. The Labute approximate surface area is 119 Å². The van der Waals surface area contributed by atoms with Gasteiger partial charge in [0.15, 0.2) is 0 Å². The number of hydrogen-bond acceptors (Lipinski definition) is 2. The lowest BCUT2D eigenvalue weighted by molar-refractivity contribution is -0.140. The largest absolute Gasteiger partial charge is 0.355 e. The van der Waals surface area contributed by atoms with Gasteiger partial charge in [-0.3, -0.25) is 9.59 Å². The van der Waals surface area contributed by atoms with Crippen LogP contribution in [0.15, 0.2) is 24.3 Å². The van der Waals surface area contributed by atoms with E-state index in [0.717, 1.165) is 5.56 Å². The van der Waals surface area contributed by atoms with Crippen LogP contribution in [-0.4, -0.2) is 29.3 Å². The van der Waals surface area contributed by atoms with E-state index in [-0.39, 0.29) is 17.6 Å². The summed E-state index contributed by atoms with van der Waals surface area (Å²) in [7, 11) is 0. The number of halogens is 1. The van der Waals surface area contributed by atoms with Gasteiger partial charge in [0, 0.05) is 19.5 Å². The fourth-order valence-electron chi connectivity index (χ4n) is 1.89. The van der Waals surface area contributed by atoms with E-state index in [9.17, 15) is 14.0 Å². The van der Waals surface area contributed by atoms with E-state index in [2.05, 4.69) is 5.32 Å². The van der Waals surface area contributed by atoms with Crippen LogP contribution in [0.4, 0.5) is 4.39 Å². The molecule has 0 bridgehead atoms. The van der Waals surface area contributed by atoms with Crippen molar-refractivity contribution < 1.29 is 14.0 Å². The van der Waals surface area contributed by atoms with Crippen molar-refractivity contribution in [2.75, 3.05) is 6.54 Å². The number of nitrogens with one attached hydrogen (secondary N) is 1. The summed E-state index contributed by atoms with van der Waals surface area (Å²) in [5.41, 5.74) is 0.796. The fraction of sp³-hybridized carbons (Fsp3) is 0.467. The van der Waals surface area contributed by atoms with Crippen LogP contribution in [0.3, 0.4) is 0 Å². The molecular weight excluding hydrogens is 259 g/mol. The molecule has 1 atom stereocenters. The molecule has 0 saturated heterocycles. The highest BCUT2D eigenvalue weighted by Gasteiger charge is 2.24. The van der Waals surface area contributed by atoms with E-state index in [1.165, 1.54) is 17.0 Å². The van der Waals surface area contributed by atoms with E-state index in [1.54, 1.807) is 26.0 Å². The summed E-state index contributed by atoms with van der Waals surface area (Å²) >= 11 is 0. The third-order valence-electron chi connectivity index (χ3n) is 3.09. The standard InChI is InChI=1S/C15H21FN2O2/c1-4-14(19)18(11(3)15(20)17-5-2)10-12-6-8-13(16)9-7-12/h6-9,11H,4-5,10H2,1-3H3,(H,17,20)/t11-/m1/s1. The summed E-state index contributed by atoms with van der Waals surface area (Å²) < 4.78 is 12.9. The first-order valence-electron chi connectivity index (χ1n) is 6.81. The molecule has 20 heavy (non-hydrogen) atoms. The molecule has 0 spiro atoms. The van der Waals surface area contributed by atoms with Crippen molar-refractivity contribution in [2.24, 2.45) is 0 Å². The van der Waals surface area contributed by atoms with Gasteiger partial charge in [0.2, 0.25) is 11.8 Å². The Morgan fingerprint density at radius 3 is 2.35 bits per heavy atom. The summed E-state index contributed by atoms with van der Waals surface area (Å²) in [6, 6.07) is 5.39. The second kappa shape index (κ2) is 7.62. The van der Waals surface area contributed by atoms with E-state index in [1.807, 2.05) is 6.92 Å². The fourth-order valence-corrected chi connectivity index (χ4v) is 1.89. The molecule has 1 aromatic rings. The van der Waals surface area contributed by atoms with E-state index >= 15 is 0 Å². The molecule has 1 N–H and O–H groups in total. The van der Waals surface area contributed by atoms with Crippen molar-refractivity contribution in [3.63, 3.8) is 0 Å². The van der Waals surface area contributed by atoms with Gasteiger partial charge in [-0.2, -0.15) is 0 Å². The van der Waals surface area contributed by atoms with Gasteiger partial charge >= 0.3 is 0 Å². The molecule has 0 radical (unpaired) electrons. The summed E-state index contributed by atoms with van der Waals surface area (Å²) in [5, 5.41) is 2.71. The lowest BCUT2D eigenvalue weighted by Gasteiger charge is -2.28. The van der Waals surface area contributed by atoms with Crippen molar-refractivity contribution in [1.82, 2.24) is 10.2 Å². The van der Waals surface area contributed by atoms with Crippen molar-refractivity contribution in [3.8, 4) is 0 Å². The van der Waals surface area contributed by atoms with Crippen LogP contribution < -0.4 is 5.32 Å². The summed E-state index contributed by atoms with van der Waals surface area (Å²) in [6.45, 7) is 6.10. The lowest BCUT2D eigenvalue weighted by Crippen LogP contribution is -2.47. The first-order valence-corrected chi connectivity index (χ1v) is 6.81. The Morgan fingerprint density at radius 1 is 1.25 bits per heavy atom. The highest BCUT2D eigenvalue weighted by molar-refractivity contribution is 5.87. The third-order valence-corrected chi connectivity index (χ3v) is 3.09. The number of nitrogens with zero attached hydrogens (tertiary/aromatic N) is 1. The Balaban J connectivity index is 2.86. The topological polar surface area (TPSA) is 49.4 Å². The maximum atomic E-state index is 12.9. The monoisotopic (exact) mass is 280 g/mol. The van der Waals surface area contributed by atoms with Crippen LogP contribution in [-0.2, 0) is 16.1 Å². The minimum absolute atomic E-state index is 0.104. The summed E-state index contributed by atoms with van der Waals surface area (Å²) in [6.07, 6.45) is 0.324. The molecule has 5 heteroatoms. The molecule has 1 rings (SSSR count). The molecule has 2 amide bonds. The van der Waals surface area contributed by atoms with Gasteiger partial charge in [-0.25, -0.2) is 4.39 Å². The van der Waals surface area contributed by atoms with Crippen LogP contribution in [0.2, 0.25) is 0 Å². The Hall–Kier alpha value is -1.91.